The molecule has 0 saturated carbocycles. The average Bonchev–Trinajstić information content (AvgIpc) is 2.15. The highest BCUT2D eigenvalue weighted by Gasteiger charge is 2.02. The SMILES string of the molecule is CC(CC(=N)Cl)NCc1ccccc1. The minimum absolute atomic E-state index is 0.207. The molecule has 1 atom stereocenters. The van der Waals surface area contributed by atoms with Crippen LogP contribution in [-0.2, 0) is 6.54 Å². The number of hydrogen-bond donors (Lipinski definition) is 2. The van der Waals surface area contributed by atoms with Crippen molar-refractivity contribution in [2.24, 2.45) is 0 Å². The fourth-order valence-electron chi connectivity index (χ4n) is 1.23. The molecule has 0 fully saturated rings. The van der Waals surface area contributed by atoms with Gasteiger partial charge in [0.05, 0.1) is 5.17 Å². The van der Waals surface area contributed by atoms with Crippen LogP contribution in [0.25, 0.3) is 0 Å². The first-order chi connectivity index (χ1) is 6.68. The summed E-state index contributed by atoms with van der Waals surface area (Å²) in [6.45, 7) is 2.85. The zero-order valence-corrected chi connectivity index (χ0v) is 9.01. The molecule has 1 aromatic rings. The molecule has 0 saturated heterocycles. The summed E-state index contributed by atoms with van der Waals surface area (Å²) in [5, 5.41) is 10.6. The molecule has 0 aliphatic rings. The van der Waals surface area contributed by atoms with E-state index in [2.05, 4.69) is 17.4 Å². The molecule has 0 heterocycles. The Labute approximate surface area is 89.8 Å². The highest BCUT2D eigenvalue weighted by Crippen LogP contribution is 2.01. The Morgan fingerprint density at radius 1 is 1.43 bits per heavy atom. The molecule has 0 radical (unpaired) electrons. The molecule has 0 spiro atoms. The third kappa shape index (κ3) is 4.40. The molecule has 0 aliphatic heterocycles. The topological polar surface area (TPSA) is 35.9 Å². The number of benzene rings is 1. The van der Waals surface area contributed by atoms with E-state index in [-0.39, 0.29) is 11.2 Å². The van der Waals surface area contributed by atoms with Crippen LogP contribution in [0.5, 0.6) is 0 Å². The predicted molar refractivity (Wildman–Crippen MR) is 60.9 cm³/mol. The summed E-state index contributed by atoms with van der Waals surface area (Å²) >= 11 is 5.50. The quantitative estimate of drug-likeness (QED) is 0.721. The Balaban J connectivity index is 2.30. The average molecular weight is 211 g/mol. The van der Waals surface area contributed by atoms with Gasteiger partial charge in [0.25, 0.3) is 0 Å². The summed E-state index contributed by atoms with van der Waals surface area (Å²) in [6, 6.07) is 10.4. The molecule has 0 aromatic heterocycles. The lowest BCUT2D eigenvalue weighted by Crippen LogP contribution is -2.26. The van der Waals surface area contributed by atoms with Crippen LogP contribution in [0.3, 0.4) is 0 Å². The van der Waals surface area contributed by atoms with Gasteiger partial charge >= 0.3 is 0 Å². The van der Waals surface area contributed by atoms with Crippen LogP contribution < -0.4 is 5.32 Å². The van der Waals surface area contributed by atoms with Crippen molar-refractivity contribution in [3.8, 4) is 0 Å². The van der Waals surface area contributed by atoms with Gasteiger partial charge in [-0.05, 0) is 12.5 Å². The molecule has 2 nitrogen and oxygen atoms in total. The summed E-state index contributed by atoms with van der Waals surface area (Å²) in [5.74, 6) is 0. The lowest BCUT2D eigenvalue weighted by atomic mass is 10.2. The molecule has 0 aliphatic carbocycles. The zero-order valence-electron chi connectivity index (χ0n) is 8.26. The molecule has 76 valence electrons. The maximum Gasteiger partial charge on any atom is 0.0984 e. The van der Waals surface area contributed by atoms with Crippen LogP contribution in [0.15, 0.2) is 30.3 Å². The maximum atomic E-state index is 7.13. The molecule has 1 rings (SSSR count). The van der Waals surface area contributed by atoms with Crippen LogP contribution in [-0.4, -0.2) is 11.2 Å². The molecule has 1 aromatic carbocycles. The summed E-state index contributed by atoms with van der Waals surface area (Å²) in [7, 11) is 0. The number of halogens is 1. The molecular formula is C11H15ClN2. The van der Waals surface area contributed by atoms with Crippen LogP contribution >= 0.6 is 11.6 Å². The highest BCUT2D eigenvalue weighted by atomic mass is 35.5. The smallest absolute Gasteiger partial charge is 0.0984 e. The van der Waals surface area contributed by atoms with E-state index in [1.807, 2.05) is 25.1 Å². The van der Waals surface area contributed by atoms with Crippen molar-refractivity contribution in [3.63, 3.8) is 0 Å². The first-order valence-corrected chi connectivity index (χ1v) is 5.06. The van der Waals surface area contributed by atoms with E-state index >= 15 is 0 Å². The Morgan fingerprint density at radius 3 is 2.64 bits per heavy atom. The van der Waals surface area contributed by atoms with Gasteiger partial charge in [-0.25, -0.2) is 0 Å². The van der Waals surface area contributed by atoms with Crippen molar-refractivity contribution in [2.75, 3.05) is 0 Å². The molecule has 1 unspecified atom stereocenters. The van der Waals surface area contributed by atoms with Crippen LogP contribution in [0.1, 0.15) is 18.9 Å². The van der Waals surface area contributed by atoms with Crippen LogP contribution in [0.4, 0.5) is 0 Å². The van der Waals surface area contributed by atoms with Gasteiger partial charge in [0.15, 0.2) is 0 Å². The number of rotatable bonds is 5. The summed E-state index contributed by atoms with van der Waals surface area (Å²) < 4.78 is 0. The second kappa shape index (κ2) is 5.78. The Bertz CT molecular complexity index is 285. The Hall–Kier alpha value is -0.860. The van der Waals surface area contributed by atoms with Crippen molar-refractivity contribution in [1.82, 2.24) is 5.32 Å². The van der Waals surface area contributed by atoms with Crippen molar-refractivity contribution in [1.29, 1.82) is 5.41 Å². The summed E-state index contributed by atoms with van der Waals surface area (Å²) in [6.07, 6.45) is 0.592. The van der Waals surface area contributed by atoms with Gasteiger partial charge in [0.2, 0.25) is 0 Å². The lowest BCUT2D eigenvalue weighted by molar-refractivity contribution is 0.565. The molecule has 0 amide bonds. The minimum Gasteiger partial charge on any atom is -0.310 e. The third-order valence-electron chi connectivity index (χ3n) is 1.98. The number of nitrogens with one attached hydrogen (secondary N) is 2. The van der Waals surface area contributed by atoms with E-state index in [9.17, 15) is 0 Å². The second-order valence-electron chi connectivity index (χ2n) is 3.38. The summed E-state index contributed by atoms with van der Waals surface area (Å²) in [5.41, 5.74) is 1.25. The van der Waals surface area contributed by atoms with Gasteiger partial charge in [-0.2, -0.15) is 0 Å². The maximum absolute atomic E-state index is 7.13. The van der Waals surface area contributed by atoms with E-state index in [0.29, 0.717) is 6.42 Å². The van der Waals surface area contributed by atoms with E-state index in [1.165, 1.54) is 5.56 Å². The van der Waals surface area contributed by atoms with Gasteiger partial charge in [0.1, 0.15) is 0 Å². The van der Waals surface area contributed by atoms with Crippen molar-refractivity contribution < 1.29 is 0 Å². The van der Waals surface area contributed by atoms with Gasteiger partial charge in [-0.3, -0.25) is 5.41 Å². The Morgan fingerprint density at radius 2 is 2.07 bits per heavy atom. The molecule has 2 N–H and O–H groups in total. The van der Waals surface area contributed by atoms with Gasteiger partial charge in [-0.1, -0.05) is 41.9 Å². The van der Waals surface area contributed by atoms with E-state index in [1.54, 1.807) is 0 Å². The monoisotopic (exact) mass is 210 g/mol. The van der Waals surface area contributed by atoms with Gasteiger partial charge in [-0.15, -0.1) is 0 Å². The Kier molecular flexibility index (Phi) is 4.63. The van der Waals surface area contributed by atoms with Crippen molar-refractivity contribution in [3.05, 3.63) is 35.9 Å². The van der Waals surface area contributed by atoms with Gasteiger partial charge in [0, 0.05) is 19.0 Å². The van der Waals surface area contributed by atoms with E-state index in [4.69, 9.17) is 17.0 Å². The third-order valence-corrected chi connectivity index (χ3v) is 2.14. The summed E-state index contributed by atoms with van der Waals surface area (Å²) in [4.78, 5) is 0. The molecule has 14 heavy (non-hydrogen) atoms. The first kappa shape index (κ1) is 11.2. The standard InChI is InChI=1S/C11H15ClN2/c1-9(7-11(12)13)14-8-10-5-3-2-4-6-10/h2-6,9,13-14H,7-8H2,1H3. The van der Waals surface area contributed by atoms with E-state index < -0.39 is 0 Å². The zero-order chi connectivity index (χ0) is 10.4. The van der Waals surface area contributed by atoms with Crippen molar-refractivity contribution >= 4 is 16.8 Å². The largest absolute Gasteiger partial charge is 0.310 e. The first-order valence-electron chi connectivity index (χ1n) is 4.68. The molecular weight excluding hydrogens is 196 g/mol. The molecule has 3 heteroatoms. The van der Waals surface area contributed by atoms with Crippen molar-refractivity contribution in [2.45, 2.75) is 25.9 Å². The highest BCUT2D eigenvalue weighted by molar-refractivity contribution is 6.64. The predicted octanol–water partition coefficient (Wildman–Crippen LogP) is 2.77. The number of hydrogen-bond acceptors (Lipinski definition) is 2. The van der Waals surface area contributed by atoms with Crippen LogP contribution in [0, 0.1) is 5.41 Å². The van der Waals surface area contributed by atoms with E-state index in [0.717, 1.165) is 6.54 Å². The van der Waals surface area contributed by atoms with Gasteiger partial charge < -0.3 is 5.32 Å². The second-order valence-corrected chi connectivity index (χ2v) is 3.83. The fourth-order valence-corrected chi connectivity index (χ4v) is 1.46. The minimum atomic E-state index is 0.207. The fraction of sp³-hybridized carbons (Fsp3) is 0.364. The molecule has 0 bridgehead atoms. The normalized spacial score (nSPS) is 12.4. The van der Waals surface area contributed by atoms with Crippen LogP contribution in [0.2, 0.25) is 0 Å². The lowest BCUT2D eigenvalue weighted by Gasteiger charge is -2.11.